The normalized spacial score (nSPS) is 26.5. The molecule has 2 atom stereocenters. The summed E-state index contributed by atoms with van der Waals surface area (Å²) in [5.41, 5.74) is 2.74. The summed E-state index contributed by atoms with van der Waals surface area (Å²) in [7, 11) is 0. The molecule has 0 radical (unpaired) electrons. The Kier molecular flexibility index (Phi) is 2.62. The number of nitrogens with one attached hydrogen (secondary N) is 1. The number of hydrogen-bond acceptors (Lipinski definition) is 3. The van der Waals surface area contributed by atoms with Crippen molar-refractivity contribution in [3.8, 4) is 6.07 Å². The van der Waals surface area contributed by atoms with E-state index < -0.39 is 0 Å². The third-order valence-corrected chi connectivity index (χ3v) is 3.92. The molecule has 1 N–H and O–H groups in total. The van der Waals surface area contributed by atoms with E-state index in [0.717, 1.165) is 18.5 Å². The summed E-state index contributed by atoms with van der Waals surface area (Å²) in [6.07, 6.45) is 6.37. The molecule has 17 heavy (non-hydrogen) atoms. The Hall–Kier alpha value is -1.37. The van der Waals surface area contributed by atoms with Gasteiger partial charge in [-0.2, -0.15) is 5.26 Å². The van der Waals surface area contributed by atoms with Crippen molar-refractivity contribution in [2.45, 2.75) is 18.9 Å². The van der Waals surface area contributed by atoms with E-state index in [1.807, 2.05) is 6.07 Å². The number of aromatic nitrogens is 1. The summed E-state index contributed by atoms with van der Waals surface area (Å²) < 4.78 is 0. The zero-order valence-electron chi connectivity index (χ0n) is 9.28. The number of pyridine rings is 1. The summed E-state index contributed by atoms with van der Waals surface area (Å²) in [6.45, 7) is 1.08. The maximum Gasteiger partial charge on any atom is 0.146 e. The third kappa shape index (κ3) is 1.74. The van der Waals surface area contributed by atoms with Gasteiger partial charge in [0.1, 0.15) is 11.2 Å². The Labute approximate surface area is 105 Å². The molecule has 1 aliphatic carbocycles. The number of allylic oxidation sites excluding steroid dienone is 1. The lowest BCUT2D eigenvalue weighted by Gasteiger charge is -2.15. The Morgan fingerprint density at radius 3 is 3.24 bits per heavy atom. The molecule has 1 saturated heterocycles. The van der Waals surface area contributed by atoms with Crippen molar-refractivity contribution in [1.29, 1.82) is 5.26 Å². The van der Waals surface area contributed by atoms with Crippen molar-refractivity contribution in [2.75, 3.05) is 6.54 Å². The second kappa shape index (κ2) is 4.14. The number of hydrogen-bond donors (Lipinski definition) is 1. The monoisotopic (exact) mass is 245 g/mol. The van der Waals surface area contributed by atoms with Crippen LogP contribution in [0.2, 0.25) is 5.15 Å². The molecular formula is C13H12ClN3. The highest BCUT2D eigenvalue weighted by atomic mass is 35.5. The molecule has 2 heterocycles. The number of fused-ring (bicyclic) bond motifs is 1. The molecule has 4 heteroatoms. The molecular weight excluding hydrogens is 234 g/mol. The van der Waals surface area contributed by atoms with Crippen molar-refractivity contribution in [3.05, 3.63) is 34.6 Å². The molecule has 3 nitrogen and oxygen atoms in total. The lowest BCUT2D eigenvalue weighted by molar-refractivity contribution is 0.557. The van der Waals surface area contributed by atoms with Gasteiger partial charge in [-0.25, -0.2) is 4.98 Å². The van der Waals surface area contributed by atoms with Gasteiger partial charge in [-0.1, -0.05) is 17.7 Å². The van der Waals surface area contributed by atoms with E-state index in [0.29, 0.717) is 17.5 Å². The van der Waals surface area contributed by atoms with Crippen LogP contribution in [0.4, 0.5) is 0 Å². The van der Waals surface area contributed by atoms with Gasteiger partial charge < -0.3 is 5.32 Å². The molecule has 1 fully saturated rings. The van der Waals surface area contributed by atoms with E-state index in [1.165, 1.54) is 12.0 Å². The van der Waals surface area contributed by atoms with E-state index in [1.54, 1.807) is 6.20 Å². The predicted octanol–water partition coefficient (Wildman–Crippen LogP) is 2.37. The summed E-state index contributed by atoms with van der Waals surface area (Å²) in [5, 5.41) is 12.8. The molecule has 0 amide bonds. The maximum absolute atomic E-state index is 8.96. The molecule has 2 aliphatic rings. The van der Waals surface area contributed by atoms with Crippen LogP contribution in [0, 0.1) is 17.2 Å². The topological polar surface area (TPSA) is 48.7 Å². The van der Waals surface area contributed by atoms with Crippen LogP contribution in [0.1, 0.15) is 24.0 Å². The largest absolute Gasteiger partial charge is 0.310 e. The molecule has 0 unspecified atom stereocenters. The molecule has 0 saturated carbocycles. The lowest BCUT2D eigenvalue weighted by atomic mass is 9.97. The quantitative estimate of drug-likeness (QED) is 0.773. The van der Waals surface area contributed by atoms with Crippen molar-refractivity contribution < 1.29 is 0 Å². The number of nitrogens with zero attached hydrogens (tertiary/aromatic N) is 2. The first-order valence-electron chi connectivity index (χ1n) is 5.79. The number of nitriles is 1. The van der Waals surface area contributed by atoms with Crippen molar-refractivity contribution in [2.24, 2.45) is 5.92 Å². The molecule has 86 valence electrons. The molecule has 1 aromatic heterocycles. The summed E-state index contributed by atoms with van der Waals surface area (Å²) in [5.74, 6) is 0.714. The van der Waals surface area contributed by atoms with Crippen LogP contribution in [0.15, 0.2) is 18.3 Å². The van der Waals surface area contributed by atoms with Gasteiger partial charge in [-0.15, -0.1) is 0 Å². The highest BCUT2D eigenvalue weighted by molar-refractivity contribution is 6.30. The van der Waals surface area contributed by atoms with Crippen LogP contribution in [0.3, 0.4) is 0 Å². The number of halogens is 1. The molecule has 0 bridgehead atoms. The van der Waals surface area contributed by atoms with Gasteiger partial charge in [0.25, 0.3) is 0 Å². The van der Waals surface area contributed by atoms with Gasteiger partial charge in [0.2, 0.25) is 0 Å². The lowest BCUT2D eigenvalue weighted by Crippen LogP contribution is -2.24. The third-order valence-electron chi connectivity index (χ3n) is 3.62. The van der Waals surface area contributed by atoms with E-state index in [9.17, 15) is 0 Å². The first kappa shape index (κ1) is 10.8. The zero-order chi connectivity index (χ0) is 11.8. The van der Waals surface area contributed by atoms with E-state index >= 15 is 0 Å². The minimum absolute atomic E-state index is 0.283. The number of rotatable bonds is 1. The van der Waals surface area contributed by atoms with Gasteiger partial charge in [0.15, 0.2) is 0 Å². The van der Waals surface area contributed by atoms with Crippen LogP contribution in [0.5, 0.6) is 0 Å². The van der Waals surface area contributed by atoms with Gasteiger partial charge in [0.05, 0.1) is 5.56 Å². The van der Waals surface area contributed by atoms with E-state index in [4.69, 9.17) is 16.9 Å². The molecule has 0 spiro atoms. The average Bonchev–Trinajstić information content (AvgIpc) is 2.92. The molecule has 3 rings (SSSR count). The standard InChI is InChI=1S/C13H12ClN3/c14-13-9(6-15)5-10(7-17-13)11-2-1-8-3-4-16-12(8)11/h2,5,7-8,12,16H,1,3-4H2/t8-,12+/m0/s1. The van der Waals surface area contributed by atoms with Crippen molar-refractivity contribution in [3.63, 3.8) is 0 Å². The first-order valence-corrected chi connectivity index (χ1v) is 6.17. The maximum atomic E-state index is 8.96. The summed E-state index contributed by atoms with van der Waals surface area (Å²) in [4.78, 5) is 4.08. The van der Waals surface area contributed by atoms with Crippen molar-refractivity contribution in [1.82, 2.24) is 10.3 Å². The SMILES string of the molecule is N#Cc1cc(C2=CC[C@H]3CCN[C@@H]23)cnc1Cl. The predicted molar refractivity (Wildman–Crippen MR) is 66.5 cm³/mol. The Morgan fingerprint density at radius 1 is 1.53 bits per heavy atom. The fraction of sp³-hybridized carbons (Fsp3) is 0.385. The van der Waals surface area contributed by atoms with Gasteiger partial charge in [-0.3, -0.25) is 0 Å². The Balaban J connectivity index is 1.98. The smallest absolute Gasteiger partial charge is 0.146 e. The first-order chi connectivity index (χ1) is 8.29. The van der Waals surface area contributed by atoms with Gasteiger partial charge in [-0.05, 0) is 42.5 Å². The van der Waals surface area contributed by atoms with E-state index in [2.05, 4.69) is 22.4 Å². The second-order valence-electron chi connectivity index (χ2n) is 4.55. The minimum atomic E-state index is 0.283. The minimum Gasteiger partial charge on any atom is -0.310 e. The van der Waals surface area contributed by atoms with Crippen molar-refractivity contribution >= 4 is 17.2 Å². The average molecular weight is 246 g/mol. The fourth-order valence-electron chi connectivity index (χ4n) is 2.76. The van der Waals surface area contributed by atoms with Gasteiger partial charge in [0, 0.05) is 12.2 Å². The highest BCUT2D eigenvalue weighted by Gasteiger charge is 2.34. The second-order valence-corrected chi connectivity index (χ2v) is 4.91. The Morgan fingerprint density at radius 2 is 2.41 bits per heavy atom. The molecule has 0 aromatic carbocycles. The van der Waals surface area contributed by atoms with Crippen LogP contribution in [-0.2, 0) is 0 Å². The summed E-state index contributed by atoms with van der Waals surface area (Å²) in [6, 6.07) is 4.35. The zero-order valence-corrected chi connectivity index (χ0v) is 10.0. The van der Waals surface area contributed by atoms with Crippen LogP contribution >= 0.6 is 11.6 Å². The molecule has 1 aliphatic heterocycles. The molecule has 1 aromatic rings. The van der Waals surface area contributed by atoms with Crippen LogP contribution in [-0.4, -0.2) is 17.6 Å². The highest BCUT2D eigenvalue weighted by Crippen LogP contribution is 2.37. The Bertz CT molecular complexity index is 530. The fourth-order valence-corrected chi connectivity index (χ4v) is 2.91. The van der Waals surface area contributed by atoms with Gasteiger partial charge >= 0.3 is 0 Å². The van der Waals surface area contributed by atoms with Crippen LogP contribution < -0.4 is 5.32 Å². The van der Waals surface area contributed by atoms with Crippen LogP contribution in [0.25, 0.3) is 5.57 Å². The summed E-state index contributed by atoms with van der Waals surface area (Å²) >= 11 is 5.85. The van der Waals surface area contributed by atoms with E-state index in [-0.39, 0.29) is 5.15 Å².